The first kappa shape index (κ1) is 20.9. The van der Waals surface area contributed by atoms with E-state index in [0.29, 0.717) is 28.5 Å². The number of hydrogen-bond donors (Lipinski definition) is 1. The first-order valence-corrected chi connectivity index (χ1v) is 9.89. The normalized spacial score (nSPS) is 18.0. The molecular weight excluding hydrogens is 390 g/mol. The minimum Gasteiger partial charge on any atom is -0.462 e. The number of rotatable bonds is 3. The van der Waals surface area contributed by atoms with Crippen molar-refractivity contribution >= 4 is 23.5 Å². The Kier molecular flexibility index (Phi) is 5.72. The second-order valence-electron chi connectivity index (χ2n) is 8.24. The minimum atomic E-state index is -0.701. The summed E-state index contributed by atoms with van der Waals surface area (Å²) in [5.41, 5.74) is 1.93. The van der Waals surface area contributed by atoms with E-state index in [9.17, 15) is 14.9 Å². The second-order valence-corrected chi connectivity index (χ2v) is 8.67. The van der Waals surface area contributed by atoms with Crippen molar-refractivity contribution in [2.24, 2.45) is 0 Å². The van der Waals surface area contributed by atoms with Crippen molar-refractivity contribution in [3.8, 4) is 6.07 Å². The van der Waals surface area contributed by atoms with Gasteiger partial charge in [0.1, 0.15) is 17.7 Å². The van der Waals surface area contributed by atoms with Gasteiger partial charge in [-0.15, -0.1) is 0 Å². The fourth-order valence-corrected chi connectivity index (χ4v) is 3.87. The van der Waals surface area contributed by atoms with Gasteiger partial charge in [-0.25, -0.2) is 0 Å². The number of hydrogen-bond acceptors (Lipinski definition) is 4. The van der Waals surface area contributed by atoms with Gasteiger partial charge in [0, 0.05) is 34.8 Å². The van der Waals surface area contributed by atoms with Crippen LogP contribution in [0.4, 0.5) is 0 Å². The third-order valence-electron chi connectivity index (χ3n) is 5.05. The summed E-state index contributed by atoms with van der Waals surface area (Å²) >= 11 is 5.94. The molecular formula is C22H24ClN3O3. The van der Waals surface area contributed by atoms with E-state index >= 15 is 0 Å². The molecule has 7 heteroatoms. The molecule has 0 aliphatic carbocycles. The van der Waals surface area contributed by atoms with Gasteiger partial charge < -0.3 is 14.6 Å². The topological polar surface area (TPSA) is 86.2 Å². The first-order valence-electron chi connectivity index (χ1n) is 9.51. The van der Waals surface area contributed by atoms with Crippen molar-refractivity contribution in [1.29, 1.82) is 5.26 Å². The standard InChI is InChI=1S/C22H24ClN3O3/c1-13(2)29-21(28)17-11-26(20(27)14-5-7-15(23)8-6-14)12-22(3,4)18-9-16(10-24)25-19(17)18/h5-9,13,17,25H,11-12H2,1-4H3. The first-order chi connectivity index (χ1) is 13.6. The summed E-state index contributed by atoms with van der Waals surface area (Å²) in [5.74, 6) is -1.30. The Labute approximate surface area is 175 Å². The number of esters is 1. The number of H-pyrrole nitrogens is 1. The number of aromatic amines is 1. The van der Waals surface area contributed by atoms with Gasteiger partial charge in [0.15, 0.2) is 0 Å². The number of aromatic nitrogens is 1. The van der Waals surface area contributed by atoms with Crippen molar-refractivity contribution < 1.29 is 14.3 Å². The van der Waals surface area contributed by atoms with E-state index in [1.54, 1.807) is 49.1 Å². The third-order valence-corrected chi connectivity index (χ3v) is 5.30. The highest BCUT2D eigenvalue weighted by Crippen LogP contribution is 2.37. The Morgan fingerprint density at radius 2 is 1.97 bits per heavy atom. The molecule has 152 valence electrons. The van der Waals surface area contributed by atoms with E-state index < -0.39 is 17.3 Å². The molecule has 29 heavy (non-hydrogen) atoms. The van der Waals surface area contributed by atoms with Crippen LogP contribution in [0.3, 0.4) is 0 Å². The third kappa shape index (κ3) is 4.30. The molecule has 1 aliphatic rings. The average molecular weight is 414 g/mol. The SMILES string of the molecule is CC(C)OC(=O)C1CN(C(=O)c2ccc(Cl)cc2)CC(C)(C)c2cc(C#N)[nH]c21. The van der Waals surface area contributed by atoms with Crippen molar-refractivity contribution in [3.63, 3.8) is 0 Å². The number of fused-ring (bicyclic) bond motifs is 1. The lowest BCUT2D eigenvalue weighted by Crippen LogP contribution is -2.41. The summed E-state index contributed by atoms with van der Waals surface area (Å²) in [6, 6.07) is 10.6. The molecule has 1 unspecified atom stereocenters. The second kappa shape index (κ2) is 7.92. The quantitative estimate of drug-likeness (QED) is 0.770. The van der Waals surface area contributed by atoms with Gasteiger partial charge in [0.25, 0.3) is 5.91 Å². The van der Waals surface area contributed by atoms with E-state index in [0.717, 1.165) is 5.56 Å². The molecule has 0 fully saturated rings. The highest BCUT2D eigenvalue weighted by Gasteiger charge is 2.41. The van der Waals surface area contributed by atoms with Crippen LogP contribution in [0.1, 0.15) is 60.9 Å². The summed E-state index contributed by atoms with van der Waals surface area (Å²) in [5, 5.41) is 9.89. The zero-order valence-corrected chi connectivity index (χ0v) is 17.7. The van der Waals surface area contributed by atoms with Crippen molar-refractivity contribution in [2.75, 3.05) is 13.1 Å². The number of benzene rings is 1. The van der Waals surface area contributed by atoms with Gasteiger partial charge in [-0.3, -0.25) is 9.59 Å². The van der Waals surface area contributed by atoms with Gasteiger partial charge in [-0.1, -0.05) is 25.4 Å². The van der Waals surface area contributed by atoms with Crippen LogP contribution in [0.25, 0.3) is 0 Å². The molecule has 0 bridgehead atoms. The highest BCUT2D eigenvalue weighted by atomic mass is 35.5. The molecule has 1 N–H and O–H groups in total. The summed E-state index contributed by atoms with van der Waals surface area (Å²) < 4.78 is 5.47. The number of ether oxygens (including phenoxy) is 1. The molecule has 1 aliphatic heterocycles. The van der Waals surface area contributed by atoms with Crippen LogP contribution >= 0.6 is 11.6 Å². The van der Waals surface area contributed by atoms with Crippen LogP contribution in [0.15, 0.2) is 30.3 Å². The number of nitriles is 1. The lowest BCUT2D eigenvalue weighted by molar-refractivity contribution is -0.149. The highest BCUT2D eigenvalue weighted by molar-refractivity contribution is 6.30. The zero-order valence-electron chi connectivity index (χ0n) is 17.0. The van der Waals surface area contributed by atoms with Gasteiger partial charge in [0.05, 0.1) is 6.10 Å². The molecule has 1 amide bonds. The van der Waals surface area contributed by atoms with E-state index in [1.807, 2.05) is 13.8 Å². The Morgan fingerprint density at radius 3 is 2.55 bits per heavy atom. The zero-order chi connectivity index (χ0) is 21.3. The summed E-state index contributed by atoms with van der Waals surface area (Å²) in [7, 11) is 0. The lowest BCUT2D eigenvalue weighted by Gasteiger charge is -2.30. The van der Waals surface area contributed by atoms with Gasteiger partial charge >= 0.3 is 5.97 Å². The van der Waals surface area contributed by atoms with Gasteiger partial charge in [-0.05, 0) is 49.7 Å². The van der Waals surface area contributed by atoms with Crippen LogP contribution < -0.4 is 0 Å². The maximum atomic E-state index is 13.2. The number of halogens is 1. The molecule has 0 spiro atoms. The maximum Gasteiger partial charge on any atom is 0.317 e. The van der Waals surface area contributed by atoms with Crippen molar-refractivity contribution in [3.05, 3.63) is 57.9 Å². The number of nitrogens with zero attached hydrogens (tertiary/aromatic N) is 2. The number of carbonyl (C=O) groups excluding carboxylic acids is 2. The van der Waals surface area contributed by atoms with Gasteiger partial charge in [-0.2, -0.15) is 5.26 Å². The summed E-state index contributed by atoms with van der Waals surface area (Å²) in [6.07, 6.45) is -0.284. The number of nitrogens with one attached hydrogen (secondary N) is 1. The molecule has 2 aromatic rings. The summed E-state index contributed by atoms with van der Waals surface area (Å²) in [4.78, 5) is 30.9. The lowest BCUT2D eigenvalue weighted by atomic mass is 9.83. The predicted molar refractivity (Wildman–Crippen MR) is 110 cm³/mol. The fraction of sp³-hybridized carbons (Fsp3) is 0.409. The van der Waals surface area contributed by atoms with Crippen LogP contribution in [0, 0.1) is 11.3 Å². The molecule has 3 rings (SSSR count). The summed E-state index contributed by atoms with van der Waals surface area (Å²) in [6.45, 7) is 8.12. The molecule has 2 heterocycles. The molecule has 1 atom stereocenters. The van der Waals surface area contributed by atoms with E-state index in [1.165, 1.54) is 0 Å². The van der Waals surface area contributed by atoms with E-state index in [-0.39, 0.29) is 18.6 Å². The monoisotopic (exact) mass is 413 g/mol. The fourth-order valence-electron chi connectivity index (χ4n) is 3.74. The molecule has 0 radical (unpaired) electrons. The average Bonchev–Trinajstić information content (AvgIpc) is 3.05. The molecule has 1 aromatic heterocycles. The minimum absolute atomic E-state index is 0.162. The van der Waals surface area contributed by atoms with E-state index in [4.69, 9.17) is 16.3 Å². The Hall–Kier alpha value is -2.78. The van der Waals surface area contributed by atoms with Crippen molar-refractivity contribution in [1.82, 2.24) is 9.88 Å². The van der Waals surface area contributed by atoms with Crippen LogP contribution in [-0.2, 0) is 14.9 Å². The molecule has 0 saturated carbocycles. The largest absolute Gasteiger partial charge is 0.462 e. The Balaban J connectivity index is 2.03. The molecule has 0 saturated heterocycles. The van der Waals surface area contributed by atoms with Crippen LogP contribution in [0.2, 0.25) is 5.02 Å². The smallest absolute Gasteiger partial charge is 0.317 e. The van der Waals surface area contributed by atoms with Crippen LogP contribution in [0.5, 0.6) is 0 Å². The number of amides is 1. The van der Waals surface area contributed by atoms with E-state index in [2.05, 4.69) is 11.1 Å². The van der Waals surface area contributed by atoms with Crippen molar-refractivity contribution in [2.45, 2.75) is 45.1 Å². The maximum absolute atomic E-state index is 13.2. The van der Waals surface area contributed by atoms with Crippen LogP contribution in [-0.4, -0.2) is 41.0 Å². The molecule has 6 nitrogen and oxygen atoms in total. The van der Waals surface area contributed by atoms with Gasteiger partial charge in [0.2, 0.25) is 0 Å². The predicted octanol–water partition coefficient (Wildman–Crippen LogP) is 4.01. The Morgan fingerprint density at radius 1 is 1.31 bits per heavy atom. The number of carbonyl (C=O) groups is 2. The Bertz CT molecular complexity index is 970. The molecule has 1 aromatic carbocycles.